The van der Waals surface area contributed by atoms with Gasteiger partial charge in [0, 0.05) is 32.2 Å². The van der Waals surface area contributed by atoms with Crippen LogP contribution in [-0.4, -0.2) is 46.8 Å². The van der Waals surface area contributed by atoms with E-state index in [1.54, 1.807) is 17.9 Å². The van der Waals surface area contributed by atoms with Crippen LogP contribution in [0.2, 0.25) is 0 Å². The van der Waals surface area contributed by atoms with E-state index in [0.717, 1.165) is 23.1 Å². The van der Waals surface area contributed by atoms with Crippen LogP contribution in [-0.2, 0) is 19.6 Å². The van der Waals surface area contributed by atoms with Crippen LogP contribution in [0.3, 0.4) is 0 Å². The predicted octanol–water partition coefficient (Wildman–Crippen LogP) is 3.57. The van der Waals surface area contributed by atoms with Crippen LogP contribution in [0.1, 0.15) is 51.0 Å². The Morgan fingerprint density at radius 3 is 2.71 bits per heavy atom. The molecule has 1 aromatic heterocycles. The van der Waals surface area contributed by atoms with Crippen LogP contribution in [0.4, 0.5) is 0 Å². The van der Waals surface area contributed by atoms with Crippen molar-refractivity contribution in [1.82, 2.24) is 20.0 Å². The van der Waals surface area contributed by atoms with E-state index in [1.165, 1.54) is 0 Å². The van der Waals surface area contributed by atoms with Crippen LogP contribution < -0.4 is 14.8 Å². The number of fused-ring (bicyclic) bond motifs is 1. The van der Waals surface area contributed by atoms with Crippen LogP contribution in [0, 0.1) is 6.92 Å². The summed E-state index contributed by atoms with van der Waals surface area (Å²) in [6.07, 6.45) is 0.777. The molecule has 178 valence electrons. The number of hydrogen-bond donors (Lipinski definition) is 1. The number of rotatable bonds is 8. The minimum atomic E-state index is -0.326. The highest BCUT2D eigenvalue weighted by Crippen LogP contribution is 2.28. The fourth-order valence-electron chi connectivity index (χ4n) is 4.10. The molecule has 0 unspecified atom stereocenters. The molecule has 8 nitrogen and oxygen atoms in total. The fourth-order valence-corrected chi connectivity index (χ4v) is 4.10. The van der Waals surface area contributed by atoms with Gasteiger partial charge in [-0.3, -0.25) is 14.3 Å². The fraction of sp³-hybridized carbons (Fsp3) is 0.346. The lowest BCUT2D eigenvalue weighted by Crippen LogP contribution is -2.30. The summed E-state index contributed by atoms with van der Waals surface area (Å²) >= 11 is 0. The number of nitrogens with zero attached hydrogens (tertiary/aromatic N) is 3. The average molecular weight is 463 g/mol. The number of benzene rings is 2. The number of methoxy groups -OCH3 is 1. The van der Waals surface area contributed by atoms with E-state index in [4.69, 9.17) is 9.47 Å². The van der Waals surface area contributed by atoms with E-state index in [1.807, 2.05) is 55.1 Å². The lowest BCUT2D eigenvalue weighted by atomic mass is 10.1. The van der Waals surface area contributed by atoms with Gasteiger partial charge in [0.2, 0.25) is 0 Å². The molecule has 0 atom stereocenters. The molecule has 0 saturated heterocycles. The third-order valence-electron chi connectivity index (χ3n) is 5.75. The Bertz CT molecular complexity index is 1190. The number of ether oxygens (including phenoxy) is 2. The van der Waals surface area contributed by atoms with Crippen molar-refractivity contribution in [2.45, 2.75) is 39.9 Å². The average Bonchev–Trinajstić information content (AvgIpc) is 3.20. The SMILES string of the molecule is CCOc1cc(CNC(=O)c2cc3n(n2)CCCN(Cc2cccc(C)c2)C3=O)ccc1OC. The van der Waals surface area contributed by atoms with Gasteiger partial charge in [0.25, 0.3) is 11.8 Å². The zero-order chi connectivity index (χ0) is 24.1. The summed E-state index contributed by atoms with van der Waals surface area (Å²) < 4.78 is 12.6. The summed E-state index contributed by atoms with van der Waals surface area (Å²) in [7, 11) is 1.59. The van der Waals surface area contributed by atoms with Crippen molar-refractivity contribution in [3.8, 4) is 11.5 Å². The number of carbonyl (C=O) groups is 2. The van der Waals surface area contributed by atoms with E-state index < -0.39 is 0 Å². The maximum absolute atomic E-state index is 13.2. The van der Waals surface area contributed by atoms with E-state index in [9.17, 15) is 9.59 Å². The number of carbonyl (C=O) groups excluding carboxylic acids is 2. The molecule has 0 bridgehead atoms. The Kier molecular flexibility index (Phi) is 7.15. The van der Waals surface area contributed by atoms with E-state index >= 15 is 0 Å². The summed E-state index contributed by atoms with van der Waals surface area (Å²) in [6, 6.07) is 15.3. The van der Waals surface area contributed by atoms with Crippen molar-refractivity contribution in [2.24, 2.45) is 0 Å². The number of hydrogen-bond acceptors (Lipinski definition) is 5. The number of amides is 2. The monoisotopic (exact) mass is 462 g/mol. The molecule has 0 spiro atoms. The summed E-state index contributed by atoms with van der Waals surface area (Å²) in [4.78, 5) is 27.8. The zero-order valence-electron chi connectivity index (χ0n) is 19.8. The molecule has 2 aromatic carbocycles. The first-order valence-electron chi connectivity index (χ1n) is 11.5. The summed E-state index contributed by atoms with van der Waals surface area (Å²) in [5, 5.41) is 7.30. The van der Waals surface area contributed by atoms with Gasteiger partial charge in [-0.25, -0.2) is 0 Å². The molecule has 1 aliphatic rings. The third kappa shape index (κ3) is 5.22. The van der Waals surface area contributed by atoms with Crippen molar-refractivity contribution in [3.63, 3.8) is 0 Å². The van der Waals surface area contributed by atoms with Crippen LogP contribution in [0.5, 0.6) is 11.5 Å². The quantitative estimate of drug-likeness (QED) is 0.553. The molecule has 0 saturated carbocycles. The lowest BCUT2D eigenvalue weighted by molar-refractivity contribution is 0.0745. The molecule has 0 fully saturated rings. The van der Waals surface area contributed by atoms with Gasteiger partial charge >= 0.3 is 0 Å². The maximum atomic E-state index is 13.2. The van der Waals surface area contributed by atoms with Gasteiger partial charge in [0.1, 0.15) is 5.69 Å². The molecule has 3 aromatic rings. The minimum Gasteiger partial charge on any atom is -0.493 e. The van der Waals surface area contributed by atoms with E-state index in [0.29, 0.717) is 50.0 Å². The highest BCUT2D eigenvalue weighted by atomic mass is 16.5. The van der Waals surface area contributed by atoms with Crippen molar-refractivity contribution in [3.05, 3.63) is 76.6 Å². The van der Waals surface area contributed by atoms with E-state index in [-0.39, 0.29) is 17.5 Å². The Balaban J connectivity index is 1.45. The number of aromatic nitrogens is 2. The number of nitrogens with one attached hydrogen (secondary N) is 1. The second-order valence-electron chi connectivity index (χ2n) is 8.31. The van der Waals surface area contributed by atoms with Crippen LogP contribution in [0.15, 0.2) is 48.5 Å². The highest BCUT2D eigenvalue weighted by Gasteiger charge is 2.26. The molecule has 8 heteroatoms. The molecule has 0 radical (unpaired) electrons. The normalized spacial score (nSPS) is 13.3. The van der Waals surface area contributed by atoms with Crippen LogP contribution in [0.25, 0.3) is 0 Å². The van der Waals surface area contributed by atoms with Gasteiger partial charge in [-0.15, -0.1) is 0 Å². The van der Waals surface area contributed by atoms with Gasteiger partial charge in [-0.2, -0.15) is 5.10 Å². The van der Waals surface area contributed by atoms with Crippen LogP contribution >= 0.6 is 0 Å². The molecule has 2 heterocycles. The summed E-state index contributed by atoms with van der Waals surface area (Å²) in [5.74, 6) is 0.836. The molecule has 34 heavy (non-hydrogen) atoms. The minimum absolute atomic E-state index is 0.109. The Labute approximate surface area is 199 Å². The largest absolute Gasteiger partial charge is 0.493 e. The van der Waals surface area contributed by atoms with Gasteiger partial charge in [0.15, 0.2) is 17.2 Å². The van der Waals surface area contributed by atoms with Gasteiger partial charge in [-0.1, -0.05) is 35.9 Å². The zero-order valence-corrected chi connectivity index (χ0v) is 19.8. The Hall–Kier alpha value is -3.81. The van der Waals surface area contributed by atoms with Crippen molar-refractivity contribution in [1.29, 1.82) is 0 Å². The van der Waals surface area contributed by atoms with Gasteiger partial charge < -0.3 is 19.7 Å². The molecule has 1 aliphatic heterocycles. The Morgan fingerprint density at radius 2 is 1.94 bits per heavy atom. The molecule has 2 amide bonds. The molecular weight excluding hydrogens is 432 g/mol. The number of aryl methyl sites for hydroxylation is 2. The molecular formula is C26H30N4O4. The first-order chi connectivity index (χ1) is 16.5. The highest BCUT2D eigenvalue weighted by molar-refractivity contribution is 5.98. The van der Waals surface area contributed by atoms with Crippen molar-refractivity contribution < 1.29 is 19.1 Å². The standard InChI is InChI=1S/C26H30N4O4/c1-4-34-24-14-19(9-10-23(24)33-3)16-27-25(31)21-15-22-26(32)29(11-6-12-30(22)28-21)17-20-8-5-7-18(2)13-20/h5,7-10,13-15H,4,6,11-12,16-17H2,1-3H3,(H,27,31). The third-order valence-corrected chi connectivity index (χ3v) is 5.75. The molecule has 4 rings (SSSR count). The maximum Gasteiger partial charge on any atom is 0.272 e. The first kappa shape index (κ1) is 23.4. The Morgan fingerprint density at radius 1 is 1.09 bits per heavy atom. The summed E-state index contributed by atoms with van der Waals surface area (Å²) in [5.41, 5.74) is 3.80. The second-order valence-corrected chi connectivity index (χ2v) is 8.31. The molecule has 1 N–H and O–H groups in total. The second kappa shape index (κ2) is 10.4. The van der Waals surface area contributed by atoms with Crippen molar-refractivity contribution >= 4 is 11.8 Å². The topological polar surface area (TPSA) is 85.7 Å². The van der Waals surface area contributed by atoms with E-state index in [2.05, 4.69) is 16.5 Å². The molecule has 0 aliphatic carbocycles. The van der Waals surface area contributed by atoms with Gasteiger partial charge in [-0.05, 0) is 43.5 Å². The van der Waals surface area contributed by atoms with Crippen molar-refractivity contribution in [2.75, 3.05) is 20.3 Å². The predicted molar refractivity (Wildman–Crippen MR) is 128 cm³/mol. The lowest BCUT2D eigenvalue weighted by Gasteiger charge is -2.20. The first-order valence-corrected chi connectivity index (χ1v) is 11.5. The smallest absolute Gasteiger partial charge is 0.272 e. The summed E-state index contributed by atoms with van der Waals surface area (Å²) in [6.45, 7) is 6.54. The van der Waals surface area contributed by atoms with Gasteiger partial charge in [0.05, 0.1) is 13.7 Å².